The fraction of sp³-hybridized carbons (Fsp3) is 0.467. The first-order valence-electron chi connectivity index (χ1n) is 6.11. The zero-order chi connectivity index (χ0) is 12.5. The average Bonchev–Trinajstić information content (AvgIpc) is 2.29. The van der Waals surface area contributed by atoms with Gasteiger partial charge in [0, 0.05) is 12.1 Å². The summed E-state index contributed by atoms with van der Waals surface area (Å²) in [4.78, 5) is 0. The van der Waals surface area contributed by atoms with Gasteiger partial charge in [-0.3, -0.25) is 0 Å². The lowest BCUT2D eigenvalue weighted by atomic mass is 10.1. The summed E-state index contributed by atoms with van der Waals surface area (Å²) in [6.45, 7) is 5.45. The first-order chi connectivity index (χ1) is 8.18. The smallest absolute Gasteiger partial charge is 0.0667 e. The van der Waals surface area contributed by atoms with Crippen LogP contribution in [0.1, 0.15) is 25.8 Å². The van der Waals surface area contributed by atoms with E-state index in [2.05, 4.69) is 31.0 Å². The molecule has 1 unspecified atom stereocenters. The zero-order valence-electron chi connectivity index (χ0n) is 10.6. The van der Waals surface area contributed by atoms with Gasteiger partial charge in [-0.25, -0.2) is 0 Å². The minimum Gasteiger partial charge on any atom is -0.392 e. The van der Waals surface area contributed by atoms with Gasteiger partial charge in [-0.05, 0) is 24.5 Å². The summed E-state index contributed by atoms with van der Waals surface area (Å²) in [5, 5.41) is 12.8. The van der Waals surface area contributed by atoms with E-state index in [4.69, 9.17) is 0 Å². The molecule has 0 aliphatic heterocycles. The molecule has 0 amide bonds. The van der Waals surface area contributed by atoms with E-state index < -0.39 is 0 Å². The molecule has 17 heavy (non-hydrogen) atoms. The molecule has 92 valence electrons. The second kappa shape index (κ2) is 7.89. The van der Waals surface area contributed by atoms with Crippen molar-refractivity contribution in [2.45, 2.75) is 26.4 Å². The van der Waals surface area contributed by atoms with Crippen molar-refractivity contribution in [1.29, 1.82) is 0 Å². The van der Waals surface area contributed by atoms with E-state index in [1.165, 1.54) is 0 Å². The van der Waals surface area contributed by atoms with Crippen LogP contribution in [0, 0.1) is 17.8 Å². The van der Waals surface area contributed by atoms with Crippen LogP contribution in [0.5, 0.6) is 0 Å². The Balaban J connectivity index is 2.18. The molecule has 0 spiro atoms. The summed E-state index contributed by atoms with van der Waals surface area (Å²) in [6, 6.07) is 9.90. The predicted molar refractivity (Wildman–Crippen MR) is 71.7 cm³/mol. The minimum atomic E-state index is -0.270. The molecule has 1 atom stereocenters. The number of nitrogens with one attached hydrogen (secondary N) is 1. The molecule has 0 saturated heterocycles. The number of benzene rings is 1. The van der Waals surface area contributed by atoms with Crippen molar-refractivity contribution in [3.63, 3.8) is 0 Å². The minimum absolute atomic E-state index is 0.270. The second-order valence-corrected chi connectivity index (χ2v) is 4.58. The lowest BCUT2D eigenvalue weighted by Crippen LogP contribution is -2.28. The predicted octanol–water partition coefficient (Wildman–Crippen LogP) is 2.03. The van der Waals surface area contributed by atoms with Crippen molar-refractivity contribution in [2.75, 3.05) is 13.1 Å². The molecule has 0 fully saturated rings. The van der Waals surface area contributed by atoms with Gasteiger partial charge in [0.25, 0.3) is 0 Å². The maximum atomic E-state index is 9.63. The molecule has 0 aliphatic rings. The van der Waals surface area contributed by atoms with Crippen LogP contribution < -0.4 is 5.32 Å². The number of aliphatic hydroxyl groups is 1. The Kier molecular flexibility index (Phi) is 6.39. The molecule has 0 aliphatic carbocycles. The van der Waals surface area contributed by atoms with Crippen molar-refractivity contribution in [1.82, 2.24) is 5.32 Å². The summed E-state index contributed by atoms with van der Waals surface area (Å²) >= 11 is 0. The molecular weight excluding hydrogens is 210 g/mol. The lowest BCUT2D eigenvalue weighted by Gasteiger charge is -2.12. The van der Waals surface area contributed by atoms with Crippen LogP contribution >= 0.6 is 0 Å². The Morgan fingerprint density at radius 2 is 1.94 bits per heavy atom. The molecule has 0 aromatic heterocycles. The Bertz CT molecular complexity index is 362. The topological polar surface area (TPSA) is 32.3 Å². The van der Waals surface area contributed by atoms with Gasteiger partial charge in [-0.15, -0.1) is 0 Å². The first kappa shape index (κ1) is 13.8. The highest BCUT2D eigenvalue weighted by molar-refractivity contribution is 5.33. The molecular formula is C15H21NO. The van der Waals surface area contributed by atoms with Crippen molar-refractivity contribution < 1.29 is 5.11 Å². The third-order valence-electron chi connectivity index (χ3n) is 2.34. The summed E-state index contributed by atoms with van der Waals surface area (Å²) in [7, 11) is 0. The maximum Gasteiger partial charge on any atom is 0.0667 e. The summed E-state index contributed by atoms with van der Waals surface area (Å²) in [5.41, 5.74) is 1.03. The highest BCUT2D eigenvalue weighted by atomic mass is 16.3. The van der Waals surface area contributed by atoms with E-state index in [1.54, 1.807) is 0 Å². The average molecular weight is 231 g/mol. The van der Waals surface area contributed by atoms with Gasteiger partial charge >= 0.3 is 0 Å². The summed E-state index contributed by atoms with van der Waals surface area (Å²) in [5.74, 6) is 6.63. The van der Waals surface area contributed by atoms with E-state index in [9.17, 15) is 5.11 Å². The van der Waals surface area contributed by atoms with Gasteiger partial charge in [-0.2, -0.15) is 0 Å². The number of aliphatic hydroxyl groups excluding tert-OH is 1. The quantitative estimate of drug-likeness (QED) is 0.600. The highest BCUT2D eigenvalue weighted by Crippen LogP contribution is 2.02. The van der Waals surface area contributed by atoms with Crippen LogP contribution in [0.3, 0.4) is 0 Å². The molecule has 2 N–H and O–H groups in total. The summed E-state index contributed by atoms with van der Waals surface area (Å²) in [6.07, 6.45) is 0.563. The molecule has 1 aromatic rings. The van der Waals surface area contributed by atoms with Crippen molar-refractivity contribution in [3.8, 4) is 11.8 Å². The van der Waals surface area contributed by atoms with Gasteiger partial charge in [0.2, 0.25) is 0 Å². The largest absolute Gasteiger partial charge is 0.392 e. The van der Waals surface area contributed by atoms with Crippen LogP contribution in [0.4, 0.5) is 0 Å². The zero-order valence-corrected chi connectivity index (χ0v) is 10.6. The standard InChI is InChI=1S/C15H21NO/c1-13(2)11-15(17)12-16-10-6-9-14-7-4-3-5-8-14/h3-5,7-8,13,15-17H,10-12H2,1-2H3. The van der Waals surface area contributed by atoms with E-state index in [0.717, 1.165) is 12.0 Å². The van der Waals surface area contributed by atoms with Gasteiger partial charge in [-0.1, -0.05) is 43.9 Å². The van der Waals surface area contributed by atoms with Gasteiger partial charge < -0.3 is 10.4 Å². The molecule has 0 saturated carbocycles. The Morgan fingerprint density at radius 3 is 2.59 bits per heavy atom. The van der Waals surface area contributed by atoms with Gasteiger partial charge in [0.1, 0.15) is 0 Å². The Morgan fingerprint density at radius 1 is 1.24 bits per heavy atom. The molecule has 2 nitrogen and oxygen atoms in total. The fourth-order valence-electron chi connectivity index (χ4n) is 1.60. The van der Waals surface area contributed by atoms with Crippen LogP contribution in [0.25, 0.3) is 0 Å². The molecule has 2 heteroatoms. The molecule has 1 aromatic carbocycles. The Hall–Kier alpha value is -1.30. The van der Waals surface area contributed by atoms with Crippen molar-refractivity contribution >= 4 is 0 Å². The summed E-state index contributed by atoms with van der Waals surface area (Å²) < 4.78 is 0. The van der Waals surface area contributed by atoms with E-state index in [1.807, 2.05) is 30.3 Å². The normalized spacial score (nSPS) is 12.0. The number of hydrogen-bond donors (Lipinski definition) is 2. The highest BCUT2D eigenvalue weighted by Gasteiger charge is 2.04. The third-order valence-corrected chi connectivity index (χ3v) is 2.34. The molecule has 0 radical (unpaired) electrons. The van der Waals surface area contributed by atoms with Crippen molar-refractivity contribution in [2.24, 2.45) is 5.92 Å². The molecule has 0 bridgehead atoms. The molecule has 1 rings (SSSR count). The third kappa shape index (κ3) is 6.78. The van der Waals surface area contributed by atoms with E-state index in [0.29, 0.717) is 19.0 Å². The van der Waals surface area contributed by atoms with E-state index in [-0.39, 0.29) is 6.10 Å². The monoisotopic (exact) mass is 231 g/mol. The molecule has 0 heterocycles. The SMILES string of the molecule is CC(C)CC(O)CNCC#Cc1ccccc1. The maximum absolute atomic E-state index is 9.63. The lowest BCUT2D eigenvalue weighted by molar-refractivity contribution is 0.148. The van der Waals surface area contributed by atoms with E-state index >= 15 is 0 Å². The van der Waals surface area contributed by atoms with Crippen molar-refractivity contribution in [3.05, 3.63) is 35.9 Å². The Labute approximate surface area is 104 Å². The first-order valence-corrected chi connectivity index (χ1v) is 6.11. The number of rotatable bonds is 5. The van der Waals surface area contributed by atoms with Crippen LogP contribution in [0.2, 0.25) is 0 Å². The second-order valence-electron chi connectivity index (χ2n) is 4.58. The number of hydrogen-bond acceptors (Lipinski definition) is 2. The van der Waals surface area contributed by atoms with Gasteiger partial charge in [0.15, 0.2) is 0 Å². The van der Waals surface area contributed by atoms with Gasteiger partial charge in [0.05, 0.1) is 12.6 Å². The van der Waals surface area contributed by atoms with Crippen LogP contribution in [-0.2, 0) is 0 Å². The van der Waals surface area contributed by atoms with Crippen LogP contribution in [-0.4, -0.2) is 24.3 Å². The fourth-order valence-corrected chi connectivity index (χ4v) is 1.60. The van der Waals surface area contributed by atoms with Crippen LogP contribution in [0.15, 0.2) is 30.3 Å².